The van der Waals surface area contributed by atoms with E-state index in [1.807, 2.05) is 11.8 Å². The molecule has 1 atom stereocenters. The van der Waals surface area contributed by atoms with Crippen LogP contribution in [0.1, 0.15) is 12.0 Å². The van der Waals surface area contributed by atoms with Crippen molar-refractivity contribution >= 4 is 34.1 Å². The molecule has 1 aromatic rings. The second-order valence-electron chi connectivity index (χ2n) is 3.49. The lowest BCUT2D eigenvalue weighted by Gasteiger charge is -2.08. The van der Waals surface area contributed by atoms with Gasteiger partial charge in [-0.2, -0.15) is 21.4 Å². The fourth-order valence-corrected chi connectivity index (χ4v) is 3.47. The predicted molar refractivity (Wildman–Crippen MR) is 65.2 cm³/mol. The quantitative estimate of drug-likeness (QED) is 0.842. The summed E-state index contributed by atoms with van der Waals surface area (Å²) in [6, 6.07) is 2.07. The van der Waals surface area contributed by atoms with E-state index in [0.717, 1.165) is 11.5 Å². The highest BCUT2D eigenvalue weighted by atomic mass is 32.2. The average Bonchev–Trinajstić information content (AvgIpc) is 2.84. The number of rotatable bonds is 3. The van der Waals surface area contributed by atoms with Gasteiger partial charge in [-0.1, -0.05) is 0 Å². The number of hydrogen-bond donors (Lipinski definition) is 2. The first-order chi connectivity index (χ1) is 7.31. The van der Waals surface area contributed by atoms with Crippen LogP contribution in [0.5, 0.6) is 0 Å². The van der Waals surface area contributed by atoms with Gasteiger partial charge in [0.15, 0.2) is 5.82 Å². The Morgan fingerprint density at radius 1 is 1.67 bits per heavy atom. The minimum Gasteiger partial charge on any atom is -0.382 e. The summed E-state index contributed by atoms with van der Waals surface area (Å²) in [7, 11) is 0. The summed E-state index contributed by atoms with van der Waals surface area (Å²) >= 11 is 3.26. The molecule has 1 aliphatic heterocycles. The zero-order chi connectivity index (χ0) is 10.7. The molecule has 1 fully saturated rings. The van der Waals surface area contributed by atoms with E-state index in [1.165, 1.54) is 29.5 Å². The molecular weight excluding hydrogens is 228 g/mol. The lowest BCUT2D eigenvalue weighted by molar-refractivity contribution is 0.632. The number of nitriles is 1. The van der Waals surface area contributed by atoms with E-state index in [0.29, 0.717) is 17.3 Å². The summed E-state index contributed by atoms with van der Waals surface area (Å²) in [5, 5.41) is 13.0. The molecule has 80 valence electrons. The third kappa shape index (κ3) is 2.36. The molecule has 0 saturated carbocycles. The Kier molecular flexibility index (Phi) is 3.34. The van der Waals surface area contributed by atoms with Crippen LogP contribution in [0.4, 0.5) is 10.8 Å². The smallest absolute Gasteiger partial charge is 0.157 e. The molecule has 4 nitrogen and oxygen atoms in total. The molecular formula is C9H12N4S2. The van der Waals surface area contributed by atoms with Crippen molar-refractivity contribution in [3.8, 4) is 6.07 Å². The van der Waals surface area contributed by atoms with Crippen LogP contribution in [0.2, 0.25) is 0 Å². The summed E-state index contributed by atoms with van der Waals surface area (Å²) < 4.78 is 3.96. The first-order valence-corrected chi connectivity index (χ1v) is 6.71. The molecule has 0 radical (unpaired) electrons. The highest BCUT2D eigenvalue weighted by Crippen LogP contribution is 2.28. The minimum atomic E-state index is 0.339. The minimum absolute atomic E-state index is 0.339. The molecule has 2 rings (SSSR count). The van der Waals surface area contributed by atoms with Crippen LogP contribution in [0.3, 0.4) is 0 Å². The van der Waals surface area contributed by atoms with E-state index in [-0.39, 0.29) is 0 Å². The molecule has 0 amide bonds. The number of thioether (sulfide) groups is 1. The summed E-state index contributed by atoms with van der Waals surface area (Å²) in [6.07, 6.45) is 1.26. The van der Waals surface area contributed by atoms with Crippen molar-refractivity contribution in [3.05, 3.63) is 5.56 Å². The fourth-order valence-electron chi connectivity index (χ4n) is 1.51. The van der Waals surface area contributed by atoms with Gasteiger partial charge in [-0.3, -0.25) is 0 Å². The lowest BCUT2D eigenvalue weighted by atomic mass is 10.1. The number of hydrogen-bond acceptors (Lipinski definition) is 6. The number of anilines is 2. The maximum Gasteiger partial charge on any atom is 0.157 e. The summed E-state index contributed by atoms with van der Waals surface area (Å²) in [4.78, 5) is 0. The Hall–Kier alpha value is -0.930. The highest BCUT2D eigenvalue weighted by molar-refractivity contribution is 7.99. The zero-order valence-corrected chi connectivity index (χ0v) is 9.83. The predicted octanol–water partition coefficient (Wildman–Crippen LogP) is 1.76. The maximum atomic E-state index is 8.87. The second kappa shape index (κ2) is 4.73. The molecule has 0 aromatic carbocycles. The van der Waals surface area contributed by atoms with Crippen LogP contribution < -0.4 is 11.1 Å². The van der Waals surface area contributed by atoms with Gasteiger partial charge in [0.2, 0.25) is 0 Å². The number of nitrogens with two attached hydrogens (primary N) is 1. The Bertz CT molecular complexity index is 376. The number of aromatic nitrogens is 1. The van der Waals surface area contributed by atoms with E-state index < -0.39 is 0 Å². The van der Waals surface area contributed by atoms with Gasteiger partial charge in [0.25, 0.3) is 0 Å². The van der Waals surface area contributed by atoms with Crippen molar-refractivity contribution in [2.24, 2.45) is 5.92 Å². The van der Waals surface area contributed by atoms with Crippen LogP contribution in [-0.2, 0) is 0 Å². The maximum absolute atomic E-state index is 8.87. The molecule has 0 bridgehead atoms. The third-order valence-electron chi connectivity index (χ3n) is 2.41. The van der Waals surface area contributed by atoms with E-state index in [4.69, 9.17) is 11.0 Å². The summed E-state index contributed by atoms with van der Waals surface area (Å²) in [6.45, 7) is 0.920. The molecule has 1 aromatic heterocycles. The van der Waals surface area contributed by atoms with Gasteiger partial charge in [0.05, 0.1) is 0 Å². The van der Waals surface area contributed by atoms with Crippen molar-refractivity contribution in [3.63, 3.8) is 0 Å². The molecule has 1 aliphatic rings. The van der Waals surface area contributed by atoms with Crippen molar-refractivity contribution < 1.29 is 0 Å². The molecule has 6 heteroatoms. The number of nitrogens with one attached hydrogen (secondary N) is 1. The third-order valence-corrected chi connectivity index (χ3v) is 4.46. The topological polar surface area (TPSA) is 74.7 Å². The molecule has 2 heterocycles. The van der Waals surface area contributed by atoms with Gasteiger partial charge in [-0.25, -0.2) is 0 Å². The van der Waals surface area contributed by atoms with E-state index in [1.54, 1.807) is 0 Å². The monoisotopic (exact) mass is 240 g/mol. The number of nitrogens with zero attached hydrogens (tertiary/aromatic N) is 2. The zero-order valence-electron chi connectivity index (χ0n) is 8.19. The molecule has 1 saturated heterocycles. The van der Waals surface area contributed by atoms with E-state index in [9.17, 15) is 0 Å². The van der Waals surface area contributed by atoms with Gasteiger partial charge in [-0.15, -0.1) is 0 Å². The molecule has 1 unspecified atom stereocenters. The fraction of sp³-hybridized carbons (Fsp3) is 0.556. The Morgan fingerprint density at radius 3 is 3.20 bits per heavy atom. The molecule has 3 N–H and O–H groups in total. The summed E-state index contributed by atoms with van der Waals surface area (Å²) in [5.41, 5.74) is 6.06. The van der Waals surface area contributed by atoms with Crippen LogP contribution in [0.15, 0.2) is 0 Å². The Morgan fingerprint density at radius 2 is 2.53 bits per heavy atom. The van der Waals surface area contributed by atoms with Crippen molar-refractivity contribution in [2.45, 2.75) is 6.42 Å². The molecule has 15 heavy (non-hydrogen) atoms. The van der Waals surface area contributed by atoms with Crippen molar-refractivity contribution in [1.29, 1.82) is 5.26 Å². The Balaban J connectivity index is 1.95. The van der Waals surface area contributed by atoms with Gasteiger partial charge in [-0.05, 0) is 35.4 Å². The van der Waals surface area contributed by atoms with Crippen LogP contribution in [-0.4, -0.2) is 22.4 Å². The second-order valence-corrected chi connectivity index (χ2v) is 5.42. The van der Waals surface area contributed by atoms with E-state index in [2.05, 4.69) is 15.8 Å². The van der Waals surface area contributed by atoms with Gasteiger partial charge < -0.3 is 11.1 Å². The van der Waals surface area contributed by atoms with Gasteiger partial charge >= 0.3 is 0 Å². The standard InChI is InChI=1S/C9H12N4S2/c10-3-7-8(11)13-15-9(7)12-4-6-1-2-14-5-6/h6,12H,1-2,4-5H2,(H2,11,13). The van der Waals surface area contributed by atoms with Gasteiger partial charge in [0.1, 0.15) is 16.6 Å². The largest absolute Gasteiger partial charge is 0.382 e. The normalized spacial score (nSPS) is 20.1. The number of nitrogen functional groups attached to an aromatic ring is 1. The molecule has 0 spiro atoms. The highest BCUT2D eigenvalue weighted by Gasteiger charge is 2.17. The van der Waals surface area contributed by atoms with Crippen molar-refractivity contribution in [2.75, 3.05) is 29.1 Å². The lowest BCUT2D eigenvalue weighted by Crippen LogP contribution is -2.13. The summed E-state index contributed by atoms with van der Waals surface area (Å²) in [5.74, 6) is 3.52. The van der Waals surface area contributed by atoms with E-state index >= 15 is 0 Å². The van der Waals surface area contributed by atoms with Crippen molar-refractivity contribution in [1.82, 2.24) is 4.37 Å². The van der Waals surface area contributed by atoms with Gasteiger partial charge in [0, 0.05) is 6.54 Å². The van der Waals surface area contributed by atoms with Crippen LogP contribution >= 0.6 is 23.3 Å². The first kappa shape index (κ1) is 10.6. The SMILES string of the molecule is N#Cc1c(N)nsc1NCC1CCSC1. The van der Waals surface area contributed by atoms with Crippen LogP contribution in [0, 0.1) is 17.2 Å². The average molecular weight is 240 g/mol. The Labute approximate surface area is 97.0 Å². The first-order valence-electron chi connectivity index (χ1n) is 4.78. The van der Waals surface area contributed by atoms with Crippen LogP contribution in [0.25, 0.3) is 0 Å². The molecule has 0 aliphatic carbocycles.